The third-order valence-corrected chi connectivity index (χ3v) is 6.21. The number of anilines is 1. The van der Waals surface area contributed by atoms with E-state index in [9.17, 15) is 18.0 Å². The molecule has 0 atom stereocenters. The highest BCUT2D eigenvalue weighted by Gasteiger charge is 2.29. The van der Waals surface area contributed by atoms with Crippen molar-refractivity contribution in [1.82, 2.24) is 8.87 Å². The molecule has 1 aliphatic rings. The number of hydrogen-bond acceptors (Lipinski definition) is 4. The quantitative estimate of drug-likeness (QED) is 0.815. The molecular formula is C17H20N4O4S. The summed E-state index contributed by atoms with van der Waals surface area (Å²) in [5, 5.41) is 2.68. The molecule has 138 valence electrons. The van der Waals surface area contributed by atoms with Crippen molar-refractivity contribution >= 4 is 27.5 Å². The molecule has 1 aromatic heterocycles. The van der Waals surface area contributed by atoms with Crippen LogP contribution < -0.4 is 11.1 Å². The molecule has 8 nitrogen and oxygen atoms in total. The molecule has 0 radical (unpaired) electrons. The number of nitrogens with one attached hydrogen (secondary N) is 1. The van der Waals surface area contributed by atoms with Gasteiger partial charge in [0.25, 0.3) is 5.91 Å². The Morgan fingerprint density at radius 1 is 1.12 bits per heavy atom. The largest absolute Gasteiger partial charge is 0.366 e. The van der Waals surface area contributed by atoms with Crippen LogP contribution in [0.2, 0.25) is 0 Å². The van der Waals surface area contributed by atoms with Gasteiger partial charge in [0.1, 0.15) is 10.6 Å². The average molecular weight is 376 g/mol. The Balaban J connectivity index is 1.80. The fraction of sp³-hybridized carbons (Fsp3) is 0.294. The smallest absolute Gasteiger partial charge is 0.272 e. The van der Waals surface area contributed by atoms with Crippen molar-refractivity contribution in [2.45, 2.75) is 17.7 Å². The van der Waals surface area contributed by atoms with Crippen LogP contribution in [0.1, 0.15) is 33.7 Å². The number of nitrogens with zero attached hydrogens (tertiary/aromatic N) is 2. The lowest BCUT2D eigenvalue weighted by molar-refractivity contribution is 0.0997. The molecule has 0 aliphatic carbocycles. The highest BCUT2D eigenvalue weighted by Crippen LogP contribution is 2.23. The van der Waals surface area contributed by atoms with Gasteiger partial charge in [0, 0.05) is 37.6 Å². The molecule has 1 saturated heterocycles. The highest BCUT2D eigenvalue weighted by molar-refractivity contribution is 7.89. The van der Waals surface area contributed by atoms with Gasteiger partial charge in [-0.05, 0) is 43.2 Å². The monoisotopic (exact) mass is 376 g/mol. The maximum absolute atomic E-state index is 12.6. The number of amides is 2. The van der Waals surface area contributed by atoms with Crippen molar-refractivity contribution < 1.29 is 18.0 Å². The lowest BCUT2D eigenvalue weighted by Crippen LogP contribution is -2.27. The first-order valence-corrected chi connectivity index (χ1v) is 9.61. The zero-order valence-electron chi connectivity index (χ0n) is 14.3. The first-order valence-electron chi connectivity index (χ1n) is 8.17. The first kappa shape index (κ1) is 18.2. The van der Waals surface area contributed by atoms with Crippen LogP contribution in [-0.4, -0.2) is 42.2 Å². The van der Waals surface area contributed by atoms with Gasteiger partial charge in [0.05, 0.1) is 0 Å². The predicted molar refractivity (Wildman–Crippen MR) is 96.3 cm³/mol. The number of aromatic nitrogens is 1. The minimum absolute atomic E-state index is 0.108. The van der Waals surface area contributed by atoms with E-state index in [1.807, 2.05) is 0 Å². The summed E-state index contributed by atoms with van der Waals surface area (Å²) in [7, 11) is -1.96. The molecule has 2 aromatic rings. The van der Waals surface area contributed by atoms with Gasteiger partial charge < -0.3 is 15.6 Å². The molecule has 0 unspecified atom stereocenters. The molecule has 0 bridgehead atoms. The molecule has 0 saturated carbocycles. The topological polar surface area (TPSA) is 114 Å². The van der Waals surface area contributed by atoms with E-state index >= 15 is 0 Å². The van der Waals surface area contributed by atoms with Crippen LogP contribution in [-0.2, 0) is 17.1 Å². The van der Waals surface area contributed by atoms with Crippen LogP contribution in [0.4, 0.5) is 5.69 Å². The van der Waals surface area contributed by atoms with Crippen LogP contribution in [0.5, 0.6) is 0 Å². The van der Waals surface area contributed by atoms with Gasteiger partial charge >= 0.3 is 0 Å². The standard InChI is InChI=1S/C17H20N4O4S/c1-20-11-14(26(24,25)21-8-2-3-9-21)10-15(20)17(23)19-13-6-4-12(5-7-13)16(18)22/h4-7,10-11H,2-3,8-9H2,1H3,(H2,18,22)(H,19,23). The predicted octanol–water partition coefficient (Wildman–Crippen LogP) is 1.16. The number of nitrogens with two attached hydrogens (primary N) is 1. The lowest BCUT2D eigenvalue weighted by atomic mass is 10.2. The Morgan fingerprint density at radius 3 is 2.31 bits per heavy atom. The minimum Gasteiger partial charge on any atom is -0.366 e. The van der Waals surface area contributed by atoms with E-state index in [1.165, 1.54) is 33.3 Å². The molecule has 1 fully saturated rings. The zero-order valence-corrected chi connectivity index (χ0v) is 15.1. The molecule has 26 heavy (non-hydrogen) atoms. The second kappa shape index (κ2) is 6.93. The van der Waals surface area contributed by atoms with E-state index < -0.39 is 21.8 Å². The molecule has 9 heteroatoms. The van der Waals surface area contributed by atoms with E-state index in [4.69, 9.17) is 5.73 Å². The van der Waals surface area contributed by atoms with Crippen LogP contribution in [0.3, 0.4) is 0 Å². The number of primary amides is 1. The Labute approximate surface area is 151 Å². The van der Waals surface area contributed by atoms with Gasteiger partial charge in [-0.3, -0.25) is 9.59 Å². The summed E-state index contributed by atoms with van der Waals surface area (Å²) in [5.74, 6) is -0.996. The number of rotatable bonds is 5. The van der Waals surface area contributed by atoms with Crippen molar-refractivity contribution in [3.63, 3.8) is 0 Å². The van der Waals surface area contributed by atoms with Gasteiger partial charge in [-0.15, -0.1) is 0 Å². The maximum Gasteiger partial charge on any atom is 0.272 e. The highest BCUT2D eigenvalue weighted by atomic mass is 32.2. The van der Waals surface area contributed by atoms with Crippen molar-refractivity contribution in [2.24, 2.45) is 12.8 Å². The number of hydrogen-bond donors (Lipinski definition) is 2. The Morgan fingerprint density at radius 2 is 1.73 bits per heavy atom. The van der Waals surface area contributed by atoms with Crippen LogP contribution in [0, 0.1) is 0 Å². The Bertz CT molecular complexity index is 942. The molecule has 1 aliphatic heterocycles. The average Bonchev–Trinajstić information content (AvgIpc) is 3.25. The van der Waals surface area contributed by atoms with Gasteiger partial charge in [0.2, 0.25) is 15.9 Å². The summed E-state index contributed by atoms with van der Waals surface area (Å²) in [6.07, 6.45) is 3.14. The van der Waals surface area contributed by atoms with Gasteiger partial charge in [-0.25, -0.2) is 8.42 Å². The number of carbonyl (C=O) groups is 2. The molecule has 1 aromatic carbocycles. The maximum atomic E-state index is 12.6. The van der Waals surface area contributed by atoms with Crippen LogP contribution in [0.15, 0.2) is 41.4 Å². The molecule has 2 amide bonds. The summed E-state index contributed by atoms with van der Waals surface area (Å²) in [5.41, 5.74) is 6.22. The second-order valence-electron chi connectivity index (χ2n) is 6.18. The van der Waals surface area contributed by atoms with E-state index in [1.54, 1.807) is 19.2 Å². The Hall–Kier alpha value is -2.65. The van der Waals surface area contributed by atoms with Crippen molar-refractivity contribution in [3.8, 4) is 0 Å². The summed E-state index contributed by atoms with van der Waals surface area (Å²) in [6.45, 7) is 1.01. The van der Waals surface area contributed by atoms with Gasteiger partial charge in [-0.1, -0.05) is 0 Å². The number of aryl methyl sites for hydroxylation is 1. The molecule has 2 heterocycles. The Kier molecular flexibility index (Phi) is 4.84. The van der Waals surface area contributed by atoms with Gasteiger partial charge in [-0.2, -0.15) is 4.31 Å². The third-order valence-electron chi connectivity index (χ3n) is 4.34. The molecule has 3 rings (SSSR count). The van der Waals surface area contributed by atoms with E-state index in [2.05, 4.69) is 5.32 Å². The van der Waals surface area contributed by atoms with Crippen molar-refractivity contribution in [1.29, 1.82) is 0 Å². The van der Waals surface area contributed by atoms with Crippen molar-refractivity contribution in [3.05, 3.63) is 47.8 Å². The first-order chi connectivity index (χ1) is 12.3. The van der Waals surface area contributed by atoms with Crippen LogP contribution in [0.25, 0.3) is 0 Å². The van der Waals surface area contributed by atoms with E-state index in [0.717, 1.165) is 12.8 Å². The summed E-state index contributed by atoms with van der Waals surface area (Å²) >= 11 is 0. The second-order valence-corrected chi connectivity index (χ2v) is 8.12. The summed E-state index contributed by atoms with van der Waals surface area (Å²) in [6, 6.07) is 7.50. The third kappa shape index (κ3) is 3.49. The van der Waals surface area contributed by atoms with Crippen LogP contribution >= 0.6 is 0 Å². The molecule has 0 spiro atoms. The molecule has 3 N–H and O–H groups in total. The minimum atomic E-state index is -3.58. The fourth-order valence-electron chi connectivity index (χ4n) is 2.89. The number of sulfonamides is 1. The SMILES string of the molecule is Cn1cc(S(=O)(=O)N2CCCC2)cc1C(=O)Nc1ccc(C(N)=O)cc1. The fourth-order valence-corrected chi connectivity index (χ4v) is 4.48. The summed E-state index contributed by atoms with van der Waals surface area (Å²) in [4.78, 5) is 23.7. The summed E-state index contributed by atoms with van der Waals surface area (Å²) < 4.78 is 28.2. The zero-order chi connectivity index (χ0) is 18.9. The van der Waals surface area contributed by atoms with Crippen molar-refractivity contribution in [2.75, 3.05) is 18.4 Å². The molecular weight excluding hydrogens is 356 g/mol. The van der Waals surface area contributed by atoms with Gasteiger partial charge in [0.15, 0.2) is 0 Å². The van der Waals surface area contributed by atoms with E-state index in [0.29, 0.717) is 24.3 Å². The van der Waals surface area contributed by atoms with E-state index in [-0.39, 0.29) is 10.6 Å². The number of carbonyl (C=O) groups excluding carboxylic acids is 2. The lowest BCUT2D eigenvalue weighted by Gasteiger charge is -2.13. The number of benzene rings is 1. The normalized spacial score (nSPS) is 15.1.